The standard InChI is InChI=1S/C27H28ClFN2O2/c1-19(2)30-27(33)25(16-20-9-4-3-5-10-20)31(18-21-11-8-13-23(28)15-21)26(32)17-22-12-6-7-14-24(22)29/h3-15,19,25H,16-18H2,1-2H3,(H,30,33)/t25-/m0/s1. The molecule has 0 spiro atoms. The maximum Gasteiger partial charge on any atom is 0.243 e. The minimum absolute atomic E-state index is 0.0922. The second kappa shape index (κ2) is 11.6. The molecule has 3 rings (SSSR count). The van der Waals surface area contributed by atoms with Gasteiger partial charge in [-0.25, -0.2) is 4.39 Å². The molecule has 0 bridgehead atoms. The van der Waals surface area contributed by atoms with Gasteiger partial charge in [-0.15, -0.1) is 0 Å². The summed E-state index contributed by atoms with van der Waals surface area (Å²) in [5.41, 5.74) is 2.01. The molecule has 3 aromatic carbocycles. The molecule has 1 atom stereocenters. The minimum atomic E-state index is -0.770. The molecule has 0 radical (unpaired) electrons. The number of hydrogen-bond acceptors (Lipinski definition) is 2. The van der Waals surface area contributed by atoms with E-state index in [0.29, 0.717) is 17.0 Å². The van der Waals surface area contributed by atoms with Crippen LogP contribution in [-0.2, 0) is 29.0 Å². The van der Waals surface area contributed by atoms with E-state index in [1.807, 2.05) is 50.2 Å². The Labute approximate surface area is 199 Å². The number of carbonyl (C=O) groups excluding carboxylic acids is 2. The molecule has 0 aromatic heterocycles. The van der Waals surface area contributed by atoms with E-state index in [1.54, 1.807) is 36.4 Å². The molecule has 0 aliphatic carbocycles. The van der Waals surface area contributed by atoms with Crippen LogP contribution in [0.5, 0.6) is 0 Å². The highest BCUT2D eigenvalue weighted by molar-refractivity contribution is 6.30. The Hall–Kier alpha value is -3.18. The lowest BCUT2D eigenvalue weighted by molar-refractivity contribution is -0.141. The summed E-state index contributed by atoms with van der Waals surface area (Å²) >= 11 is 6.17. The van der Waals surface area contributed by atoms with Crippen molar-refractivity contribution >= 4 is 23.4 Å². The lowest BCUT2D eigenvalue weighted by atomic mass is 10.0. The van der Waals surface area contributed by atoms with Crippen molar-refractivity contribution in [1.29, 1.82) is 0 Å². The smallest absolute Gasteiger partial charge is 0.243 e. The van der Waals surface area contributed by atoms with Crippen LogP contribution in [0, 0.1) is 5.82 Å². The molecule has 1 N–H and O–H groups in total. The molecular formula is C27H28ClFN2O2. The summed E-state index contributed by atoms with van der Waals surface area (Å²) in [5.74, 6) is -1.03. The molecule has 0 saturated heterocycles. The minimum Gasteiger partial charge on any atom is -0.352 e. The first-order valence-electron chi connectivity index (χ1n) is 10.9. The molecule has 33 heavy (non-hydrogen) atoms. The third kappa shape index (κ3) is 7.16. The van der Waals surface area contributed by atoms with E-state index in [0.717, 1.165) is 11.1 Å². The van der Waals surface area contributed by atoms with Gasteiger partial charge in [0.2, 0.25) is 11.8 Å². The first-order chi connectivity index (χ1) is 15.8. The van der Waals surface area contributed by atoms with Crippen LogP contribution in [-0.4, -0.2) is 28.8 Å². The topological polar surface area (TPSA) is 49.4 Å². The van der Waals surface area contributed by atoms with E-state index >= 15 is 0 Å². The summed E-state index contributed by atoms with van der Waals surface area (Å²) in [6.45, 7) is 3.93. The number of carbonyl (C=O) groups is 2. The number of amides is 2. The maximum absolute atomic E-state index is 14.3. The molecule has 0 fully saturated rings. The van der Waals surface area contributed by atoms with Crippen molar-refractivity contribution in [3.05, 3.63) is 106 Å². The largest absolute Gasteiger partial charge is 0.352 e. The predicted molar refractivity (Wildman–Crippen MR) is 129 cm³/mol. The van der Waals surface area contributed by atoms with Gasteiger partial charge in [0, 0.05) is 24.0 Å². The van der Waals surface area contributed by atoms with Gasteiger partial charge in [-0.1, -0.05) is 72.3 Å². The third-order valence-electron chi connectivity index (χ3n) is 5.24. The molecule has 0 aliphatic rings. The summed E-state index contributed by atoms with van der Waals surface area (Å²) < 4.78 is 14.3. The third-order valence-corrected chi connectivity index (χ3v) is 5.48. The van der Waals surface area contributed by atoms with Crippen molar-refractivity contribution in [3.63, 3.8) is 0 Å². The summed E-state index contributed by atoms with van der Waals surface area (Å²) in [6.07, 6.45) is 0.191. The molecule has 2 amide bonds. The highest BCUT2D eigenvalue weighted by atomic mass is 35.5. The Bertz CT molecular complexity index is 1090. The molecule has 0 aliphatic heterocycles. The molecular weight excluding hydrogens is 439 g/mol. The Balaban J connectivity index is 1.98. The lowest BCUT2D eigenvalue weighted by Crippen LogP contribution is -2.52. The van der Waals surface area contributed by atoms with Gasteiger partial charge >= 0.3 is 0 Å². The summed E-state index contributed by atoms with van der Waals surface area (Å²) in [6, 6.07) is 22.1. The Morgan fingerprint density at radius 3 is 2.27 bits per heavy atom. The van der Waals surface area contributed by atoms with Crippen LogP contribution in [0.15, 0.2) is 78.9 Å². The van der Waals surface area contributed by atoms with Gasteiger partial charge in [-0.2, -0.15) is 0 Å². The Kier molecular flexibility index (Phi) is 8.61. The fraction of sp³-hybridized carbons (Fsp3) is 0.259. The number of benzene rings is 3. The van der Waals surface area contributed by atoms with Gasteiger partial charge in [-0.3, -0.25) is 9.59 Å². The van der Waals surface area contributed by atoms with E-state index in [4.69, 9.17) is 11.6 Å². The molecule has 4 nitrogen and oxygen atoms in total. The van der Waals surface area contributed by atoms with Crippen LogP contribution in [0.25, 0.3) is 0 Å². The fourth-order valence-corrected chi connectivity index (χ4v) is 3.89. The summed E-state index contributed by atoms with van der Waals surface area (Å²) in [7, 11) is 0. The van der Waals surface area contributed by atoms with Gasteiger partial charge in [0.25, 0.3) is 0 Å². The number of hydrogen-bond donors (Lipinski definition) is 1. The first kappa shape index (κ1) is 24.5. The molecule has 6 heteroatoms. The van der Waals surface area contributed by atoms with Crippen LogP contribution in [0.2, 0.25) is 5.02 Å². The van der Waals surface area contributed by atoms with Crippen molar-refractivity contribution in [2.24, 2.45) is 0 Å². The van der Waals surface area contributed by atoms with E-state index in [9.17, 15) is 14.0 Å². The van der Waals surface area contributed by atoms with Crippen molar-refractivity contribution < 1.29 is 14.0 Å². The zero-order valence-corrected chi connectivity index (χ0v) is 19.6. The first-order valence-corrected chi connectivity index (χ1v) is 11.3. The SMILES string of the molecule is CC(C)NC(=O)[C@H](Cc1ccccc1)N(Cc1cccc(Cl)c1)C(=O)Cc1ccccc1F. The van der Waals surface area contributed by atoms with Crippen LogP contribution in [0.4, 0.5) is 4.39 Å². The van der Waals surface area contributed by atoms with Crippen molar-refractivity contribution in [1.82, 2.24) is 10.2 Å². The maximum atomic E-state index is 14.3. The number of halogens is 2. The van der Waals surface area contributed by atoms with Crippen LogP contribution >= 0.6 is 11.6 Å². The predicted octanol–water partition coefficient (Wildman–Crippen LogP) is 5.19. The molecule has 172 valence electrons. The normalized spacial score (nSPS) is 11.8. The van der Waals surface area contributed by atoms with E-state index in [1.165, 1.54) is 11.0 Å². The number of nitrogens with one attached hydrogen (secondary N) is 1. The van der Waals surface area contributed by atoms with Crippen molar-refractivity contribution in [2.45, 2.75) is 45.3 Å². The summed E-state index contributed by atoms with van der Waals surface area (Å²) in [5, 5.41) is 3.48. The van der Waals surface area contributed by atoms with Crippen LogP contribution < -0.4 is 5.32 Å². The Morgan fingerprint density at radius 2 is 1.61 bits per heavy atom. The second-order valence-electron chi connectivity index (χ2n) is 8.29. The lowest BCUT2D eigenvalue weighted by Gasteiger charge is -2.32. The highest BCUT2D eigenvalue weighted by Crippen LogP contribution is 2.19. The number of nitrogens with zero attached hydrogens (tertiary/aromatic N) is 1. The molecule has 0 unspecified atom stereocenters. The van der Waals surface area contributed by atoms with Gasteiger partial charge in [0.05, 0.1) is 6.42 Å². The van der Waals surface area contributed by atoms with Crippen molar-refractivity contribution in [2.75, 3.05) is 0 Å². The van der Waals surface area contributed by atoms with Gasteiger partial charge in [0.1, 0.15) is 11.9 Å². The Morgan fingerprint density at radius 1 is 0.939 bits per heavy atom. The number of rotatable bonds is 9. The van der Waals surface area contributed by atoms with Gasteiger partial charge in [0.15, 0.2) is 0 Å². The van der Waals surface area contributed by atoms with E-state index in [-0.39, 0.29) is 30.8 Å². The highest BCUT2D eigenvalue weighted by Gasteiger charge is 2.31. The van der Waals surface area contributed by atoms with Crippen molar-refractivity contribution in [3.8, 4) is 0 Å². The van der Waals surface area contributed by atoms with Crippen LogP contribution in [0.3, 0.4) is 0 Å². The van der Waals surface area contributed by atoms with Gasteiger partial charge < -0.3 is 10.2 Å². The second-order valence-corrected chi connectivity index (χ2v) is 8.72. The zero-order chi connectivity index (χ0) is 23.8. The quantitative estimate of drug-likeness (QED) is 0.472. The zero-order valence-electron chi connectivity index (χ0n) is 18.8. The van der Waals surface area contributed by atoms with Crippen LogP contribution in [0.1, 0.15) is 30.5 Å². The summed E-state index contributed by atoms with van der Waals surface area (Å²) in [4.78, 5) is 28.3. The van der Waals surface area contributed by atoms with E-state index in [2.05, 4.69) is 5.32 Å². The monoisotopic (exact) mass is 466 g/mol. The average Bonchev–Trinajstić information content (AvgIpc) is 2.78. The van der Waals surface area contributed by atoms with E-state index < -0.39 is 11.9 Å². The van der Waals surface area contributed by atoms with Gasteiger partial charge in [-0.05, 0) is 48.7 Å². The molecule has 0 heterocycles. The molecule has 0 saturated carbocycles. The fourth-order valence-electron chi connectivity index (χ4n) is 3.67. The average molecular weight is 467 g/mol. The molecule has 3 aromatic rings.